The van der Waals surface area contributed by atoms with E-state index < -0.39 is 6.36 Å². The van der Waals surface area contributed by atoms with Crippen LogP contribution in [0.3, 0.4) is 0 Å². The van der Waals surface area contributed by atoms with Gasteiger partial charge in [0, 0.05) is 17.0 Å². The molecular formula is C28H30ClF3N2O2. The lowest BCUT2D eigenvalue weighted by Gasteiger charge is -2.32. The number of piperidine rings is 1. The zero-order valence-electron chi connectivity index (χ0n) is 20.4. The zero-order chi connectivity index (χ0) is 25.9. The van der Waals surface area contributed by atoms with E-state index in [1.165, 1.54) is 17.7 Å². The van der Waals surface area contributed by atoms with Gasteiger partial charge in [-0.2, -0.15) is 0 Å². The van der Waals surface area contributed by atoms with Gasteiger partial charge in [-0.15, -0.1) is 13.2 Å². The number of ether oxygens (including phenoxy) is 1. The van der Waals surface area contributed by atoms with Gasteiger partial charge in [0.05, 0.1) is 0 Å². The number of likely N-dealkylation sites (tertiary alicyclic amines) is 1. The Labute approximate surface area is 214 Å². The average Bonchev–Trinajstić information content (AvgIpc) is 2.84. The van der Waals surface area contributed by atoms with Gasteiger partial charge in [0.1, 0.15) is 10.8 Å². The van der Waals surface area contributed by atoms with Crippen LogP contribution >= 0.6 is 11.6 Å². The molecule has 1 saturated heterocycles. The third kappa shape index (κ3) is 6.51. The second-order valence-corrected chi connectivity index (χ2v) is 9.80. The third-order valence-electron chi connectivity index (χ3n) is 6.86. The van der Waals surface area contributed by atoms with Crippen molar-refractivity contribution in [2.75, 3.05) is 19.6 Å². The summed E-state index contributed by atoms with van der Waals surface area (Å²) in [5.74, 6) is 0.178. The second kappa shape index (κ2) is 11.1. The average molecular weight is 519 g/mol. The predicted molar refractivity (Wildman–Crippen MR) is 137 cm³/mol. The van der Waals surface area contributed by atoms with E-state index in [0.29, 0.717) is 17.2 Å². The summed E-state index contributed by atoms with van der Waals surface area (Å²) in [6.45, 7) is 6.62. The first-order valence-corrected chi connectivity index (χ1v) is 12.5. The van der Waals surface area contributed by atoms with Crippen LogP contribution in [0.5, 0.6) is 5.75 Å². The van der Waals surface area contributed by atoms with Crippen molar-refractivity contribution in [3.63, 3.8) is 0 Å². The van der Waals surface area contributed by atoms with Crippen LogP contribution in [-0.2, 0) is 6.42 Å². The lowest BCUT2D eigenvalue weighted by atomic mass is 9.89. The van der Waals surface area contributed by atoms with E-state index in [9.17, 15) is 18.0 Å². The lowest BCUT2D eigenvalue weighted by Crippen LogP contribution is -2.33. The minimum atomic E-state index is -4.66. The molecule has 192 valence electrons. The molecule has 0 aliphatic carbocycles. The fraction of sp³-hybridized carbons (Fsp3) is 0.393. The summed E-state index contributed by atoms with van der Waals surface area (Å²) in [5.41, 5.74) is 5.10. The van der Waals surface area contributed by atoms with Gasteiger partial charge in [-0.05, 0) is 93.9 Å². The number of aromatic nitrogens is 1. The van der Waals surface area contributed by atoms with Gasteiger partial charge >= 0.3 is 6.36 Å². The zero-order valence-corrected chi connectivity index (χ0v) is 21.2. The van der Waals surface area contributed by atoms with Crippen molar-refractivity contribution in [2.24, 2.45) is 0 Å². The summed E-state index contributed by atoms with van der Waals surface area (Å²) < 4.78 is 41.0. The van der Waals surface area contributed by atoms with Crippen molar-refractivity contribution < 1.29 is 17.9 Å². The minimum Gasteiger partial charge on any atom is -0.406 e. The SMILES string of the molecule is Cc1[nH]c(C)c(-c2ccc(CCCN3CCC(c4ccc(OC(F)(F)F)cc4)CC3)cc2)c(=O)c1Cl. The van der Waals surface area contributed by atoms with Crippen LogP contribution < -0.4 is 10.2 Å². The number of alkyl halides is 3. The largest absolute Gasteiger partial charge is 0.573 e. The Kier molecular flexibility index (Phi) is 8.10. The second-order valence-electron chi connectivity index (χ2n) is 9.43. The van der Waals surface area contributed by atoms with E-state index in [0.717, 1.165) is 62.1 Å². The van der Waals surface area contributed by atoms with Crippen molar-refractivity contribution in [3.05, 3.63) is 86.3 Å². The Morgan fingerprint density at radius 3 is 2.25 bits per heavy atom. The molecule has 2 aromatic carbocycles. The minimum absolute atomic E-state index is 0.146. The molecule has 1 aromatic heterocycles. The van der Waals surface area contributed by atoms with E-state index in [1.807, 2.05) is 19.1 Å². The van der Waals surface area contributed by atoms with Crippen LogP contribution in [0.15, 0.2) is 53.3 Å². The quantitative estimate of drug-likeness (QED) is 0.365. The Bertz CT molecular complexity index is 1230. The van der Waals surface area contributed by atoms with E-state index >= 15 is 0 Å². The Hall–Kier alpha value is -2.77. The highest BCUT2D eigenvalue weighted by Crippen LogP contribution is 2.31. The first-order chi connectivity index (χ1) is 17.1. The van der Waals surface area contributed by atoms with Gasteiger partial charge in [-0.25, -0.2) is 0 Å². The number of pyridine rings is 1. The molecule has 0 spiro atoms. The van der Waals surface area contributed by atoms with Gasteiger partial charge in [0.2, 0.25) is 5.43 Å². The number of nitrogens with zero attached hydrogens (tertiary/aromatic N) is 1. The predicted octanol–water partition coefficient (Wildman–Crippen LogP) is 7.02. The topological polar surface area (TPSA) is 45.3 Å². The molecule has 1 aliphatic rings. The van der Waals surface area contributed by atoms with Crippen molar-refractivity contribution in [1.82, 2.24) is 9.88 Å². The number of rotatable bonds is 7. The van der Waals surface area contributed by atoms with Gasteiger partial charge < -0.3 is 14.6 Å². The standard InChI is InChI=1S/C28H30ClF3N2O2/c1-18-25(27(35)26(29)19(2)33-18)23-7-5-20(6-8-23)4-3-15-34-16-13-22(14-17-34)21-9-11-24(12-10-21)36-28(30,31)32/h5-12,22H,3-4,13-17H2,1-2H3,(H,33,35). The number of nitrogens with one attached hydrogen (secondary N) is 1. The maximum atomic E-state index is 12.6. The monoisotopic (exact) mass is 518 g/mol. The molecule has 0 bridgehead atoms. The van der Waals surface area contributed by atoms with Gasteiger partial charge in [0.25, 0.3) is 0 Å². The maximum Gasteiger partial charge on any atom is 0.573 e. The van der Waals surface area contributed by atoms with Crippen molar-refractivity contribution in [3.8, 4) is 16.9 Å². The molecule has 8 heteroatoms. The Morgan fingerprint density at radius 1 is 1.00 bits per heavy atom. The van der Waals surface area contributed by atoms with Crippen LogP contribution in [0, 0.1) is 13.8 Å². The van der Waals surface area contributed by atoms with E-state index in [4.69, 9.17) is 11.6 Å². The number of aryl methyl sites for hydroxylation is 3. The normalized spacial score (nSPS) is 15.3. The molecule has 1 fully saturated rings. The van der Waals surface area contributed by atoms with E-state index in [1.54, 1.807) is 19.1 Å². The molecule has 2 heterocycles. The molecule has 36 heavy (non-hydrogen) atoms. The summed E-state index contributed by atoms with van der Waals surface area (Å²) in [6.07, 6.45) is -0.709. The highest BCUT2D eigenvalue weighted by atomic mass is 35.5. The molecule has 1 N–H and O–H groups in total. The van der Waals surface area contributed by atoms with Gasteiger partial charge in [-0.1, -0.05) is 48.0 Å². The molecule has 4 nitrogen and oxygen atoms in total. The maximum absolute atomic E-state index is 12.6. The van der Waals surface area contributed by atoms with Crippen LogP contribution in [-0.4, -0.2) is 35.9 Å². The smallest absolute Gasteiger partial charge is 0.406 e. The molecule has 1 aliphatic heterocycles. The number of aromatic amines is 1. The highest BCUT2D eigenvalue weighted by Gasteiger charge is 2.31. The summed E-state index contributed by atoms with van der Waals surface area (Å²) in [5, 5.41) is 0.232. The molecule has 0 radical (unpaired) electrons. The molecule has 0 atom stereocenters. The fourth-order valence-corrected chi connectivity index (χ4v) is 5.11. The first kappa shape index (κ1) is 26.3. The van der Waals surface area contributed by atoms with E-state index in [2.05, 4.69) is 26.8 Å². The highest BCUT2D eigenvalue weighted by molar-refractivity contribution is 6.31. The molecule has 3 aromatic rings. The van der Waals surface area contributed by atoms with Crippen molar-refractivity contribution in [2.45, 2.75) is 51.8 Å². The van der Waals surface area contributed by atoms with Crippen LogP contribution in [0.2, 0.25) is 5.02 Å². The molecule has 0 saturated carbocycles. The fourth-order valence-electron chi connectivity index (χ4n) is 4.97. The summed E-state index contributed by atoms with van der Waals surface area (Å²) >= 11 is 6.16. The van der Waals surface area contributed by atoms with Crippen LogP contribution in [0.1, 0.15) is 47.7 Å². The number of H-pyrrole nitrogens is 1. The molecule has 0 amide bonds. The van der Waals surface area contributed by atoms with Crippen LogP contribution in [0.25, 0.3) is 11.1 Å². The lowest BCUT2D eigenvalue weighted by molar-refractivity contribution is -0.274. The number of hydrogen-bond donors (Lipinski definition) is 1. The number of halogens is 4. The van der Waals surface area contributed by atoms with Gasteiger partial charge in [-0.3, -0.25) is 4.79 Å². The third-order valence-corrected chi connectivity index (χ3v) is 7.32. The first-order valence-electron chi connectivity index (χ1n) is 12.2. The molecular weight excluding hydrogens is 489 g/mol. The number of benzene rings is 2. The Morgan fingerprint density at radius 2 is 1.64 bits per heavy atom. The summed E-state index contributed by atoms with van der Waals surface area (Å²) in [7, 11) is 0. The molecule has 0 unspecified atom stereocenters. The van der Waals surface area contributed by atoms with E-state index in [-0.39, 0.29) is 16.2 Å². The van der Waals surface area contributed by atoms with Crippen LogP contribution in [0.4, 0.5) is 13.2 Å². The van der Waals surface area contributed by atoms with Gasteiger partial charge in [0.15, 0.2) is 0 Å². The summed E-state index contributed by atoms with van der Waals surface area (Å²) in [4.78, 5) is 18.2. The Balaban J connectivity index is 1.25. The van der Waals surface area contributed by atoms with Crippen molar-refractivity contribution >= 4 is 11.6 Å². The number of hydrogen-bond acceptors (Lipinski definition) is 3. The summed E-state index contributed by atoms with van der Waals surface area (Å²) in [6, 6.07) is 14.4. The van der Waals surface area contributed by atoms with Crippen molar-refractivity contribution in [1.29, 1.82) is 0 Å². The molecule has 4 rings (SSSR count).